The van der Waals surface area contributed by atoms with Crippen LogP contribution in [0.5, 0.6) is 0 Å². The van der Waals surface area contributed by atoms with Crippen molar-refractivity contribution in [2.75, 3.05) is 27.2 Å². The van der Waals surface area contributed by atoms with E-state index >= 15 is 0 Å². The number of amidine groups is 1. The molecule has 3 rings (SSSR count). The van der Waals surface area contributed by atoms with Gasteiger partial charge in [-0.3, -0.25) is 9.59 Å². The molecule has 0 saturated carbocycles. The number of aliphatic hydroxyl groups is 2. The van der Waals surface area contributed by atoms with Gasteiger partial charge in [0.05, 0.1) is 35.9 Å². The quantitative estimate of drug-likeness (QED) is 0.310. The van der Waals surface area contributed by atoms with Crippen molar-refractivity contribution in [3.8, 4) is 0 Å². The fraction of sp³-hybridized carbons (Fsp3) is 0.906. The van der Waals surface area contributed by atoms with Gasteiger partial charge in [-0.1, -0.05) is 27.2 Å². The summed E-state index contributed by atoms with van der Waals surface area (Å²) in [4.78, 5) is 35.0. The molecule has 0 spiro atoms. The molecule has 3 aliphatic heterocycles. The second-order valence-electron chi connectivity index (χ2n) is 14.1. The maximum absolute atomic E-state index is 13.4. The molecule has 3 heterocycles. The molecule has 3 aliphatic rings. The van der Waals surface area contributed by atoms with E-state index in [4.69, 9.17) is 19.9 Å². The Bertz CT molecular complexity index is 994. The number of likely N-dealkylation sites (N-methyl/N-ethyl adjacent to an activating group) is 1. The Kier molecular flexibility index (Phi) is 12.9. The number of nitrogens with two attached hydrogens (primary N) is 1. The van der Waals surface area contributed by atoms with Gasteiger partial charge in [0.1, 0.15) is 0 Å². The van der Waals surface area contributed by atoms with Gasteiger partial charge < -0.3 is 45.3 Å². The van der Waals surface area contributed by atoms with E-state index in [9.17, 15) is 19.8 Å². The van der Waals surface area contributed by atoms with E-state index in [1.54, 1.807) is 32.7 Å². The normalized spacial score (nSPS) is 40.5. The smallest absolute Gasteiger partial charge is 0.288 e. The van der Waals surface area contributed by atoms with Crippen molar-refractivity contribution in [2.45, 2.75) is 141 Å². The molecule has 254 valence electrons. The van der Waals surface area contributed by atoms with Gasteiger partial charge >= 0.3 is 0 Å². The first-order valence-corrected chi connectivity index (χ1v) is 16.5. The summed E-state index contributed by atoms with van der Waals surface area (Å²) in [5.74, 6) is -2.00. The molecule has 0 aromatic rings. The molecule has 12 heteroatoms. The first kappa shape index (κ1) is 36.5. The molecule has 0 bridgehead atoms. The average Bonchev–Trinajstić information content (AvgIpc) is 3.23. The third-order valence-electron chi connectivity index (χ3n) is 9.38. The first-order valence-electron chi connectivity index (χ1n) is 16.5. The minimum Gasteiger partial charge on any atom is -0.454 e. The molecule has 2 amide bonds. The standard InChI is InChI=1S/C32H59N5O7/c1-18(2)34-31-37(9)24-14-20(4)42-30(27(24)43-31)44-28-21(5)26(39)22(6)29(40)35-23(12-10-11-13-33)15-25(38)36(8)17-19(3)16-32(28,7)41/h18-24,26-28,30,39,41H,10-17,33H2,1-9H3,(H,35,40)/b34-31+/t19-,20-,21+,22-,23+,24+,26+,27-,28-,30+,32-/m1/s1. The van der Waals surface area contributed by atoms with E-state index in [2.05, 4.69) is 10.3 Å². The van der Waals surface area contributed by atoms with Crippen LogP contribution in [0, 0.1) is 17.8 Å². The van der Waals surface area contributed by atoms with Crippen molar-refractivity contribution in [2.24, 2.45) is 28.5 Å². The lowest BCUT2D eigenvalue weighted by molar-refractivity contribution is -0.288. The molecule has 5 N–H and O–H groups in total. The molecule has 3 saturated heterocycles. The van der Waals surface area contributed by atoms with Gasteiger partial charge in [0, 0.05) is 45.1 Å². The number of aliphatic hydroxyl groups excluding tert-OH is 1. The van der Waals surface area contributed by atoms with Crippen LogP contribution in [-0.4, -0.2) is 119 Å². The van der Waals surface area contributed by atoms with Crippen LogP contribution in [-0.2, 0) is 23.8 Å². The van der Waals surface area contributed by atoms with Crippen LogP contribution < -0.4 is 11.1 Å². The number of carbonyl (C=O) groups excluding carboxylic acids is 2. The van der Waals surface area contributed by atoms with Crippen LogP contribution in [0.3, 0.4) is 0 Å². The topological polar surface area (TPSA) is 159 Å². The Morgan fingerprint density at radius 3 is 2.50 bits per heavy atom. The van der Waals surface area contributed by atoms with E-state index in [-0.39, 0.29) is 48.4 Å². The molecule has 12 nitrogen and oxygen atoms in total. The highest BCUT2D eigenvalue weighted by molar-refractivity contribution is 5.81. The number of hydrogen-bond donors (Lipinski definition) is 4. The van der Waals surface area contributed by atoms with Gasteiger partial charge in [0.15, 0.2) is 12.4 Å². The van der Waals surface area contributed by atoms with Crippen LogP contribution in [0.25, 0.3) is 0 Å². The Balaban J connectivity index is 1.93. The Labute approximate surface area is 264 Å². The summed E-state index contributed by atoms with van der Waals surface area (Å²) in [6.45, 7) is 14.1. The highest BCUT2D eigenvalue weighted by atomic mass is 16.7. The number of fused-ring (bicyclic) bond motifs is 1. The Morgan fingerprint density at radius 2 is 1.86 bits per heavy atom. The largest absolute Gasteiger partial charge is 0.454 e. The summed E-state index contributed by atoms with van der Waals surface area (Å²) in [6, 6.07) is 0.166. The number of ether oxygens (including phenoxy) is 3. The Hall–Kier alpha value is -1.99. The molecule has 0 aromatic heterocycles. The summed E-state index contributed by atoms with van der Waals surface area (Å²) in [7, 11) is 3.71. The molecule has 11 atom stereocenters. The van der Waals surface area contributed by atoms with Crippen molar-refractivity contribution < 1.29 is 34.0 Å². The zero-order chi connectivity index (χ0) is 32.9. The summed E-state index contributed by atoms with van der Waals surface area (Å²) >= 11 is 0. The SMILES string of the molecule is CC(C)/N=C1/O[C@H]2[C@H](O[C@@H]3[C@@H](C)[C@H](O)[C@@H](C)C(=O)N[C@@H](CCCCN)CC(=O)N(C)C[C@H](C)C[C@@]3(C)O)O[C@H](C)C[C@@H]2N1C. The van der Waals surface area contributed by atoms with Gasteiger partial charge in [-0.25, -0.2) is 4.99 Å². The van der Waals surface area contributed by atoms with Crippen molar-refractivity contribution in [3.05, 3.63) is 0 Å². The van der Waals surface area contributed by atoms with Crippen molar-refractivity contribution >= 4 is 17.8 Å². The van der Waals surface area contributed by atoms with Crippen molar-refractivity contribution in [3.63, 3.8) is 0 Å². The minimum absolute atomic E-state index is 0.0376. The summed E-state index contributed by atoms with van der Waals surface area (Å²) < 4.78 is 19.3. The number of nitrogens with one attached hydrogen (secondary N) is 1. The second-order valence-corrected chi connectivity index (χ2v) is 14.1. The molecular formula is C32H59N5O7. The van der Waals surface area contributed by atoms with Crippen molar-refractivity contribution in [1.82, 2.24) is 15.1 Å². The van der Waals surface area contributed by atoms with E-state index in [1.165, 1.54) is 0 Å². The van der Waals surface area contributed by atoms with Gasteiger partial charge in [-0.05, 0) is 65.8 Å². The van der Waals surface area contributed by atoms with E-state index in [0.717, 1.165) is 19.3 Å². The lowest BCUT2D eigenvalue weighted by Gasteiger charge is -2.45. The minimum atomic E-state index is -1.44. The molecule has 0 radical (unpaired) electrons. The van der Waals surface area contributed by atoms with Crippen molar-refractivity contribution in [1.29, 1.82) is 0 Å². The van der Waals surface area contributed by atoms with E-state index < -0.39 is 42.0 Å². The number of unbranched alkanes of at least 4 members (excludes halogenated alkanes) is 1. The van der Waals surface area contributed by atoms with Crippen LogP contribution >= 0.6 is 0 Å². The van der Waals surface area contributed by atoms with Gasteiger partial charge in [-0.15, -0.1) is 0 Å². The molecular weight excluding hydrogens is 566 g/mol. The third-order valence-corrected chi connectivity index (χ3v) is 9.38. The van der Waals surface area contributed by atoms with Crippen LogP contribution in [0.2, 0.25) is 0 Å². The molecule has 0 unspecified atom stereocenters. The van der Waals surface area contributed by atoms with Crippen LogP contribution in [0.15, 0.2) is 4.99 Å². The number of aliphatic imine (C=N–C) groups is 1. The maximum atomic E-state index is 13.4. The third kappa shape index (κ3) is 9.05. The Morgan fingerprint density at radius 1 is 1.18 bits per heavy atom. The molecule has 0 aliphatic carbocycles. The van der Waals surface area contributed by atoms with Gasteiger partial charge in [-0.2, -0.15) is 0 Å². The highest BCUT2D eigenvalue weighted by Crippen LogP contribution is 2.38. The van der Waals surface area contributed by atoms with Gasteiger partial charge in [0.2, 0.25) is 11.8 Å². The monoisotopic (exact) mass is 625 g/mol. The summed E-state index contributed by atoms with van der Waals surface area (Å²) in [6.07, 6.45) is -0.162. The van der Waals surface area contributed by atoms with E-state index in [1.807, 2.05) is 39.6 Å². The maximum Gasteiger partial charge on any atom is 0.288 e. The number of hydrogen-bond acceptors (Lipinski definition) is 9. The fourth-order valence-corrected chi connectivity index (χ4v) is 7.01. The summed E-state index contributed by atoms with van der Waals surface area (Å²) in [5, 5.41) is 26.7. The van der Waals surface area contributed by atoms with E-state index in [0.29, 0.717) is 32.0 Å². The van der Waals surface area contributed by atoms with Crippen LogP contribution in [0.4, 0.5) is 0 Å². The van der Waals surface area contributed by atoms with Gasteiger partial charge in [0.25, 0.3) is 6.02 Å². The lowest BCUT2D eigenvalue weighted by Crippen LogP contribution is -2.58. The predicted octanol–water partition coefficient (Wildman–Crippen LogP) is 1.86. The predicted molar refractivity (Wildman–Crippen MR) is 169 cm³/mol. The first-order chi connectivity index (χ1) is 20.5. The second kappa shape index (κ2) is 15.5. The lowest BCUT2D eigenvalue weighted by atomic mass is 9.77. The number of nitrogens with zero attached hydrogens (tertiary/aromatic N) is 3. The molecule has 44 heavy (non-hydrogen) atoms. The highest BCUT2D eigenvalue weighted by Gasteiger charge is 2.52. The molecule has 3 fully saturated rings. The zero-order valence-electron chi connectivity index (χ0n) is 28.4. The summed E-state index contributed by atoms with van der Waals surface area (Å²) in [5.41, 5.74) is 4.24. The fourth-order valence-electron chi connectivity index (χ4n) is 7.01. The number of amides is 2. The zero-order valence-corrected chi connectivity index (χ0v) is 28.4. The van der Waals surface area contributed by atoms with Crippen LogP contribution in [0.1, 0.15) is 87.0 Å². The average molecular weight is 626 g/mol. The number of rotatable bonds is 7. The number of carbonyl (C=O) groups is 2. The molecule has 0 aromatic carbocycles.